The second-order valence-electron chi connectivity index (χ2n) is 8.52. The van der Waals surface area contributed by atoms with Gasteiger partial charge in [0.05, 0.1) is 11.4 Å². The van der Waals surface area contributed by atoms with Crippen LogP contribution in [0.15, 0.2) is 66.7 Å². The van der Waals surface area contributed by atoms with E-state index in [1.165, 1.54) is 6.42 Å². The van der Waals surface area contributed by atoms with Gasteiger partial charge in [0.1, 0.15) is 5.82 Å². The van der Waals surface area contributed by atoms with Gasteiger partial charge in [-0.2, -0.15) is 9.61 Å². The van der Waals surface area contributed by atoms with E-state index in [2.05, 4.69) is 55.1 Å². The summed E-state index contributed by atoms with van der Waals surface area (Å²) in [4.78, 5) is 7.42. The van der Waals surface area contributed by atoms with Gasteiger partial charge < -0.3 is 4.90 Å². The molecule has 0 bridgehead atoms. The molecule has 0 spiro atoms. The first kappa shape index (κ1) is 19.1. The minimum atomic E-state index is 0.656. The summed E-state index contributed by atoms with van der Waals surface area (Å²) in [5.74, 6) is 2.42. The van der Waals surface area contributed by atoms with Crippen molar-refractivity contribution in [3.63, 3.8) is 0 Å². The predicted molar refractivity (Wildman–Crippen MR) is 124 cm³/mol. The highest BCUT2D eigenvalue weighted by atomic mass is 35.5. The number of nitrogens with zero attached hydrogens (tertiary/aromatic N) is 4. The molecule has 2 aromatic carbocycles. The van der Waals surface area contributed by atoms with Crippen LogP contribution in [-0.4, -0.2) is 27.7 Å². The number of halogens is 1. The molecule has 5 heteroatoms. The van der Waals surface area contributed by atoms with Gasteiger partial charge in [-0.1, -0.05) is 67.9 Å². The van der Waals surface area contributed by atoms with E-state index in [0.29, 0.717) is 11.8 Å². The number of rotatable bonds is 3. The summed E-state index contributed by atoms with van der Waals surface area (Å²) in [7, 11) is 0. The van der Waals surface area contributed by atoms with Crippen LogP contribution in [0, 0.1) is 11.8 Å². The fourth-order valence-electron chi connectivity index (χ4n) is 4.55. The van der Waals surface area contributed by atoms with Crippen LogP contribution in [0.25, 0.3) is 28.2 Å². The van der Waals surface area contributed by atoms with E-state index >= 15 is 0 Å². The number of piperidine rings is 1. The lowest BCUT2D eigenvalue weighted by Crippen LogP contribution is -2.39. The number of hydrogen-bond donors (Lipinski definition) is 0. The molecule has 0 saturated carbocycles. The van der Waals surface area contributed by atoms with E-state index in [0.717, 1.165) is 52.1 Å². The molecule has 1 fully saturated rings. The highest BCUT2D eigenvalue weighted by Crippen LogP contribution is 2.31. The molecule has 2 aromatic heterocycles. The molecule has 3 heterocycles. The molecule has 0 amide bonds. The summed E-state index contributed by atoms with van der Waals surface area (Å²) < 4.78 is 2.00. The molecule has 0 N–H and O–H groups in total. The van der Waals surface area contributed by atoms with E-state index in [9.17, 15) is 0 Å². The van der Waals surface area contributed by atoms with Gasteiger partial charge in [-0.3, -0.25) is 0 Å². The summed E-state index contributed by atoms with van der Waals surface area (Å²) in [6.07, 6.45) is 1.27. The van der Waals surface area contributed by atoms with Crippen molar-refractivity contribution in [2.24, 2.45) is 11.8 Å². The summed E-state index contributed by atoms with van der Waals surface area (Å²) in [5.41, 5.74) is 4.91. The number of benzene rings is 2. The fourth-order valence-corrected chi connectivity index (χ4v) is 4.68. The third-order valence-electron chi connectivity index (χ3n) is 5.81. The Balaban J connectivity index is 1.67. The predicted octanol–water partition coefficient (Wildman–Crippen LogP) is 6.20. The Bertz CT molecular complexity index is 1160. The standard InChI is InChI=1S/C25H25ClN4/c1-17-12-18(2)16-29(15-17)25-14-22(19-6-4-3-5-7-19)27-24-13-23(28-30(24)25)20-8-10-21(26)11-9-20/h3-11,13-14,17-18H,12,15-16H2,1-2H3. The van der Waals surface area contributed by atoms with E-state index in [1.807, 2.05) is 34.8 Å². The zero-order valence-electron chi connectivity index (χ0n) is 17.3. The molecule has 0 radical (unpaired) electrons. The lowest BCUT2D eigenvalue weighted by atomic mass is 9.92. The molecular weight excluding hydrogens is 392 g/mol. The largest absolute Gasteiger partial charge is 0.356 e. The van der Waals surface area contributed by atoms with Gasteiger partial charge in [0.2, 0.25) is 0 Å². The van der Waals surface area contributed by atoms with Crippen molar-refractivity contribution in [1.29, 1.82) is 0 Å². The molecule has 152 valence electrons. The van der Waals surface area contributed by atoms with Crippen molar-refractivity contribution in [1.82, 2.24) is 14.6 Å². The van der Waals surface area contributed by atoms with Gasteiger partial charge in [-0.25, -0.2) is 4.98 Å². The summed E-state index contributed by atoms with van der Waals surface area (Å²) in [5, 5.41) is 5.67. The van der Waals surface area contributed by atoms with Crippen LogP contribution in [0.4, 0.5) is 5.82 Å². The first-order valence-electron chi connectivity index (χ1n) is 10.5. The molecule has 4 aromatic rings. The first-order chi connectivity index (χ1) is 14.6. The Morgan fingerprint density at radius 3 is 2.20 bits per heavy atom. The van der Waals surface area contributed by atoms with Crippen LogP contribution in [0.5, 0.6) is 0 Å². The molecular formula is C25H25ClN4. The van der Waals surface area contributed by atoms with Crippen molar-refractivity contribution in [2.75, 3.05) is 18.0 Å². The average Bonchev–Trinajstić information content (AvgIpc) is 3.17. The molecule has 1 saturated heterocycles. The SMILES string of the molecule is CC1CC(C)CN(c2cc(-c3ccccc3)nc3cc(-c4ccc(Cl)cc4)nn23)C1. The van der Waals surface area contributed by atoms with E-state index in [1.54, 1.807) is 0 Å². The smallest absolute Gasteiger partial charge is 0.158 e. The molecule has 1 aliphatic heterocycles. The lowest BCUT2D eigenvalue weighted by Gasteiger charge is -2.36. The van der Waals surface area contributed by atoms with Gasteiger partial charge in [-0.15, -0.1) is 0 Å². The molecule has 2 unspecified atom stereocenters. The quantitative estimate of drug-likeness (QED) is 0.398. The van der Waals surface area contributed by atoms with Crippen molar-refractivity contribution < 1.29 is 0 Å². The maximum Gasteiger partial charge on any atom is 0.158 e. The molecule has 1 aliphatic rings. The Morgan fingerprint density at radius 1 is 0.833 bits per heavy atom. The Labute approximate surface area is 182 Å². The third-order valence-corrected chi connectivity index (χ3v) is 6.06. The lowest BCUT2D eigenvalue weighted by molar-refractivity contribution is 0.354. The van der Waals surface area contributed by atoms with Gasteiger partial charge >= 0.3 is 0 Å². The summed E-state index contributed by atoms with van der Waals surface area (Å²) in [6.45, 7) is 6.74. The van der Waals surface area contributed by atoms with Gasteiger partial charge in [0.15, 0.2) is 5.65 Å². The van der Waals surface area contributed by atoms with Crippen molar-refractivity contribution in [3.05, 3.63) is 71.8 Å². The highest BCUT2D eigenvalue weighted by molar-refractivity contribution is 6.30. The van der Waals surface area contributed by atoms with Gasteiger partial charge in [0, 0.05) is 41.4 Å². The zero-order valence-corrected chi connectivity index (χ0v) is 18.0. The van der Waals surface area contributed by atoms with E-state index in [4.69, 9.17) is 21.7 Å². The maximum atomic E-state index is 6.08. The number of anilines is 1. The average molecular weight is 417 g/mol. The van der Waals surface area contributed by atoms with Gasteiger partial charge in [0.25, 0.3) is 0 Å². The molecule has 2 atom stereocenters. The van der Waals surface area contributed by atoms with Crippen LogP contribution in [0.1, 0.15) is 20.3 Å². The van der Waals surface area contributed by atoms with Crippen LogP contribution in [-0.2, 0) is 0 Å². The Kier molecular flexibility index (Phi) is 4.95. The second kappa shape index (κ2) is 7.77. The van der Waals surface area contributed by atoms with Crippen molar-refractivity contribution in [2.45, 2.75) is 20.3 Å². The van der Waals surface area contributed by atoms with E-state index < -0.39 is 0 Å². The third kappa shape index (κ3) is 3.68. The van der Waals surface area contributed by atoms with Crippen LogP contribution in [0.3, 0.4) is 0 Å². The molecule has 30 heavy (non-hydrogen) atoms. The molecule has 0 aliphatic carbocycles. The number of aromatic nitrogens is 3. The topological polar surface area (TPSA) is 33.4 Å². The maximum absolute atomic E-state index is 6.08. The minimum Gasteiger partial charge on any atom is -0.356 e. The Hall–Kier alpha value is -2.85. The molecule has 5 rings (SSSR count). The van der Waals surface area contributed by atoms with Crippen molar-refractivity contribution in [3.8, 4) is 22.5 Å². The summed E-state index contributed by atoms with van der Waals surface area (Å²) >= 11 is 6.08. The highest BCUT2D eigenvalue weighted by Gasteiger charge is 2.25. The number of fused-ring (bicyclic) bond motifs is 1. The van der Waals surface area contributed by atoms with Crippen LogP contribution < -0.4 is 4.90 Å². The number of hydrogen-bond acceptors (Lipinski definition) is 3. The molecule has 4 nitrogen and oxygen atoms in total. The van der Waals surface area contributed by atoms with Gasteiger partial charge in [-0.05, 0) is 30.4 Å². The Morgan fingerprint density at radius 2 is 1.50 bits per heavy atom. The normalized spacial score (nSPS) is 19.4. The van der Waals surface area contributed by atoms with E-state index in [-0.39, 0.29) is 0 Å². The summed E-state index contributed by atoms with van der Waals surface area (Å²) in [6, 6.07) is 22.4. The van der Waals surface area contributed by atoms with Crippen LogP contribution >= 0.6 is 11.6 Å². The monoisotopic (exact) mass is 416 g/mol. The minimum absolute atomic E-state index is 0.656. The zero-order chi connectivity index (χ0) is 20.7. The fraction of sp³-hybridized carbons (Fsp3) is 0.280. The van der Waals surface area contributed by atoms with Crippen molar-refractivity contribution >= 4 is 23.1 Å². The first-order valence-corrected chi connectivity index (χ1v) is 10.9. The second-order valence-corrected chi connectivity index (χ2v) is 8.96. The van der Waals surface area contributed by atoms with Crippen LogP contribution in [0.2, 0.25) is 5.02 Å².